The fraction of sp³-hybridized carbons (Fsp3) is 0.318. The Morgan fingerprint density at radius 3 is 2.31 bits per heavy atom. The molecule has 0 radical (unpaired) electrons. The lowest BCUT2D eigenvalue weighted by Crippen LogP contribution is -2.35. The van der Waals surface area contributed by atoms with Crippen molar-refractivity contribution in [2.45, 2.75) is 38.3 Å². The Morgan fingerprint density at radius 1 is 1.07 bits per heavy atom. The van der Waals surface area contributed by atoms with Crippen molar-refractivity contribution in [3.8, 4) is 0 Å². The molecule has 2 aromatic rings. The Labute approximate surface area is 173 Å². The van der Waals surface area contributed by atoms with Crippen LogP contribution in [0.1, 0.15) is 52.0 Å². The fourth-order valence-electron chi connectivity index (χ4n) is 3.64. The van der Waals surface area contributed by atoms with Crippen molar-refractivity contribution in [1.82, 2.24) is 9.80 Å². The highest BCUT2D eigenvalue weighted by Gasteiger charge is 2.36. The van der Waals surface area contributed by atoms with Gasteiger partial charge in [-0.2, -0.15) is 0 Å². The van der Waals surface area contributed by atoms with Crippen LogP contribution in [0.4, 0.5) is 4.39 Å². The lowest BCUT2D eigenvalue weighted by molar-refractivity contribution is -0.132. The van der Waals surface area contributed by atoms with E-state index in [0.717, 1.165) is 12.8 Å². The van der Waals surface area contributed by atoms with Gasteiger partial charge in [0.1, 0.15) is 5.82 Å². The van der Waals surface area contributed by atoms with Crippen LogP contribution in [0.2, 0.25) is 5.02 Å². The monoisotopic (exact) mass is 414 g/mol. The summed E-state index contributed by atoms with van der Waals surface area (Å²) in [4.78, 5) is 40.4. The van der Waals surface area contributed by atoms with E-state index in [9.17, 15) is 18.8 Å². The smallest absolute Gasteiger partial charge is 0.261 e. The number of benzene rings is 2. The quantitative estimate of drug-likeness (QED) is 0.642. The third-order valence-electron chi connectivity index (χ3n) is 5.35. The molecule has 4 rings (SSSR count). The minimum atomic E-state index is -0.429. The van der Waals surface area contributed by atoms with E-state index in [0.29, 0.717) is 28.1 Å². The standard InChI is InChI=1S/C22H20ClFN2O3/c23-18-7-3-8-19(24)17(18)13-26(14-10-11-14)20(27)9-4-12-25-21(28)15-5-1-2-6-16(15)22(25)29/h1-3,5-8,14H,4,9-13H2. The summed E-state index contributed by atoms with van der Waals surface area (Å²) in [5.41, 5.74) is 1.12. The Morgan fingerprint density at radius 2 is 1.72 bits per heavy atom. The lowest BCUT2D eigenvalue weighted by atomic mass is 10.1. The first-order chi connectivity index (χ1) is 14.0. The van der Waals surface area contributed by atoms with Gasteiger partial charge in [-0.3, -0.25) is 19.3 Å². The molecule has 5 nitrogen and oxygen atoms in total. The number of halogens is 2. The van der Waals surface area contributed by atoms with Crippen molar-refractivity contribution in [3.05, 3.63) is 70.0 Å². The van der Waals surface area contributed by atoms with Crippen molar-refractivity contribution >= 4 is 29.3 Å². The predicted octanol–water partition coefficient (Wildman–Crippen LogP) is 4.05. The van der Waals surface area contributed by atoms with E-state index < -0.39 is 5.82 Å². The molecule has 2 aliphatic rings. The Kier molecular flexibility index (Phi) is 5.37. The molecule has 1 saturated carbocycles. The molecule has 2 aromatic carbocycles. The molecule has 29 heavy (non-hydrogen) atoms. The summed E-state index contributed by atoms with van der Waals surface area (Å²) in [5, 5.41) is 0.300. The SMILES string of the molecule is O=C1c2ccccc2C(=O)N1CCCC(=O)N(Cc1c(F)cccc1Cl)C1CC1. The lowest BCUT2D eigenvalue weighted by Gasteiger charge is -2.24. The minimum Gasteiger partial charge on any atom is -0.335 e. The number of hydrogen-bond donors (Lipinski definition) is 0. The van der Waals surface area contributed by atoms with Crippen LogP contribution in [0.5, 0.6) is 0 Å². The molecule has 1 aliphatic heterocycles. The maximum atomic E-state index is 14.1. The molecule has 0 bridgehead atoms. The van der Waals surface area contributed by atoms with Crippen LogP contribution in [-0.4, -0.2) is 40.1 Å². The largest absolute Gasteiger partial charge is 0.335 e. The molecule has 0 spiro atoms. The van der Waals surface area contributed by atoms with Gasteiger partial charge in [0.2, 0.25) is 5.91 Å². The van der Waals surface area contributed by atoms with Crippen molar-refractivity contribution in [1.29, 1.82) is 0 Å². The van der Waals surface area contributed by atoms with E-state index in [4.69, 9.17) is 11.6 Å². The van der Waals surface area contributed by atoms with E-state index >= 15 is 0 Å². The zero-order valence-corrected chi connectivity index (χ0v) is 16.5. The summed E-state index contributed by atoms with van der Waals surface area (Å²) in [5.74, 6) is -1.20. The van der Waals surface area contributed by atoms with Crippen LogP contribution >= 0.6 is 11.6 Å². The van der Waals surface area contributed by atoms with Gasteiger partial charge in [0.25, 0.3) is 11.8 Å². The van der Waals surface area contributed by atoms with Crippen LogP contribution in [0.15, 0.2) is 42.5 Å². The molecule has 0 atom stereocenters. The summed E-state index contributed by atoms with van der Waals surface area (Å²) in [6.45, 7) is 0.305. The Balaban J connectivity index is 1.37. The van der Waals surface area contributed by atoms with E-state index in [1.165, 1.54) is 17.0 Å². The van der Waals surface area contributed by atoms with Crippen molar-refractivity contribution in [2.24, 2.45) is 0 Å². The summed E-state index contributed by atoms with van der Waals surface area (Å²) in [6.07, 6.45) is 2.31. The summed E-state index contributed by atoms with van der Waals surface area (Å²) in [6, 6.07) is 11.3. The molecular formula is C22H20ClFN2O3. The maximum absolute atomic E-state index is 14.1. The summed E-state index contributed by atoms with van der Waals surface area (Å²) < 4.78 is 14.1. The van der Waals surface area contributed by atoms with Gasteiger partial charge in [0.15, 0.2) is 0 Å². The fourth-order valence-corrected chi connectivity index (χ4v) is 3.86. The first kappa shape index (κ1) is 19.6. The molecule has 0 unspecified atom stereocenters. The van der Waals surface area contributed by atoms with Gasteiger partial charge in [-0.15, -0.1) is 0 Å². The van der Waals surface area contributed by atoms with E-state index in [2.05, 4.69) is 0 Å². The van der Waals surface area contributed by atoms with Gasteiger partial charge in [-0.1, -0.05) is 29.8 Å². The highest BCUT2D eigenvalue weighted by molar-refractivity contribution is 6.31. The first-order valence-electron chi connectivity index (χ1n) is 9.65. The van der Waals surface area contributed by atoms with Gasteiger partial charge >= 0.3 is 0 Å². The minimum absolute atomic E-state index is 0.0949. The van der Waals surface area contributed by atoms with Crippen molar-refractivity contribution < 1.29 is 18.8 Å². The van der Waals surface area contributed by atoms with Gasteiger partial charge in [-0.25, -0.2) is 4.39 Å². The van der Waals surface area contributed by atoms with Crippen LogP contribution in [0.3, 0.4) is 0 Å². The second kappa shape index (κ2) is 7.95. The van der Waals surface area contributed by atoms with Crippen LogP contribution in [0.25, 0.3) is 0 Å². The summed E-state index contributed by atoms with van der Waals surface area (Å²) >= 11 is 6.11. The topological polar surface area (TPSA) is 57.7 Å². The normalized spacial score (nSPS) is 15.6. The van der Waals surface area contributed by atoms with E-state index in [1.807, 2.05) is 0 Å². The number of amides is 3. The third-order valence-corrected chi connectivity index (χ3v) is 5.70. The number of fused-ring (bicyclic) bond motifs is 1. The zero-order valence-electron chi connectivity index (χ0n) is 15.7. The number of carbonyl (C=O) groups is 3. The highest BCUT2D eigenvalue weighted by atomic mass is 35.5. The van der Waals surface area contributed by atoms with Crippen LogP contribution in [-0.2, 0) is 11.3 Å². The molecule has 150 valence electrons. The zero-order chi connectivity index (χ0) is 20.5. The molecule has 1 fully saturated rings. The van der Waals surface area contributed by atoms with Gasteiger partial charge < -0.3 is 4.90 Å². The van der Waals surface area contributed by atoms with E-state index in [-0.39, 0.29) is 43.3 Å². The number of carbonyl (C=O) groups excluding carboxylic acids is 3. The van der Waals surface area contributed by atoms with E-state index in [1.54, 1.807) is 35.2 Å². The molecule has 1 heterocycles. The number of nitrogens with zero attached hydrogens (tertiary/aromatic N) is 2. The average molecular weight is 415 g/mol. The van der Waals surface area contributed by atoms with Gasteiger partial charge in [0, 0.05) is 29.6 Å². The van der Waals surface area contributed by atoms with Crippen molar-refractivity contribution in [2.75, 3.05) is 6.54 Å². The molecule has 0 N–H and O–H groups in total. The van der Waals surface area contributed by atoms with Crippen LogP contribution in [0, 0.1) is 5.82 Å². The number of rotatable bonds is 7. The number of hydrogen-bond acceptors (Lipinski definition) is 3. The molecule has 0 aromatic heterocycles. The third kappa shape index (κ3) is 3.90. The van der Waals surface area contributed by atoms with Gasteiger partial charge in [0.05, 0.1) is 17.7 Å². The van der Waals surface area contributed by atoms with Gasteiger partial charge in [-0.05, 0) is 43.5 Å². The summed E-state index contributed by atoms with van der Waals surface area (Å²) in [7, 11) is 0. The predicted molar refractivity (Wildman–Crippen MR) is 106 cm³/mol. The molecule has 0 saturated heterocycles. The highest BCUT2D eigenvalue weighted by Crippen LogP contribution is 2.31. The second-order valence-electron chi connectivity index (χ2n) is 7.36. The molecule has 3 amide bonds. The maximum Gasteiger partial charge on any atom is 0.261 e. The number of imide groups is 1. The Hall–Kier alpha value is -2.73. The second-order valence-corrected chi connectivity index (χ2v) is 7.77. The average Bonchev–Trinajstić information content (AvgIpc) is 3.51. The molecule has 7 heteroatoms. The molecule has 1 aliphatic carbocycles. The van der Waals surface area contributed by atoms with Crippen molar-refractivity contribution in [3.63, 3.8) is 0 Å². The Bertz CT molecular complexity index is 935. The van der Waals surface area contributed by atoms with Crippen LogP contribution < -0.4 is 0 Å². The first-order valence-corrected chi connectivity index (χ1v) is 10.0. The molecular weight excluding hydrogens is 395 g/mol.